The Labute approximate surface area is 168 Å². The fourth-order valence-electron chi connectivity index (χ4n) is 3.81. The molecular formula is C21H26FNO4S. The standard InChI is InChI=1S/C21H26FNO4S/c1-13(20(24)23(2)14-8-5-4-6-9-14)27-21(25)19-15(12-26-3)18-16(22)10-7-11-17(18)28-19/h7,10-11,13-14H,4-6,8-9,12H2,1-3H3/t13-/m1/s1. The molecule has 1 fully saturated rings. The van der Waals surface area contributed by atoms with E-state index in [0.717, 1.165) is 37.0 Å². The first-order chi connectivity index (χ1) is 13.4. The van der Waals surface area contributed by atoms with Gasteiger partial charge in [0.1, 0.15) is 10.7 Å². The van der Waals surface area contributed by atoms with Crippen molar-refractivity contribution in [2.24, 2.45) is 0 Å². The van der Waals surface area contributed by atoms with Crippen molar-refractivity contribution in [3.63, 3.8) is 0 Å². The molecule has 2 aromatic rings. The van der Waals surface area contributed by atoms with Gasteiger partial charge in [0, 0.05) is 35.8 Å². The molecule has 1 saturated carbocycles. The quantitative estimate of drug-likeness (QED) is 0.661. The van der Waals surface area contributed by atoms with Gasteiger partial charge in [0.2, 0.25) is 0 Å². The normalized spacial score (nSPS) is 16.1. The van der Waals surface area contributed by atoms with Gasteiger partial charge in [-0.15, -0.1) is 11.3 Å². The minimum Gasteiger partial charge on any atom is -0.448 e. The maximum absolute atomic E-state index is 14.3. The van der Waals surface area contributed by atoms with Gasteiger partial charge in [-0.1, -0.05) is 25.3 Å². The molecule has 0 bridgehead atoms. The molecule has 0 N–H and O–H groups in total. The highest BCUT2D eigenvalue weighted by atomic mass is 32.1. The van der Waals surface area contributed by atoms with Crippen LogP contribution in [0.2, 0.25) is 0 Å². The van der Waals surface area contributed by atoms with Crippen LogP contribution in [-0.2, 0) is 20.9 Å². The molecular weight excluding hydrogens is 381 g/mol. The van der Waals surface area contributed by atoms with E-state index in [4.69, 9.17) is 9.47 Å². The number of esters is 1. The molecule has 0 saturated heterocycles. The van der Waals surface area contributed by atoms with E-state index in [9.17, 15) is 14.0 Å². The Kier molecular flexibility index (Phi) is 6.67. The maximum Gasteiger partial charge on any atom is 0.349 e. The van der Waals surface area contributed by atoms with Gasteiger partial charge in [-0.3, -0.25) is 4.79 Å². The summed E-state index contributed by atoms with van der Waals surface area (Å²) in [4.78, 5) is 27.5. The van der Waals surface area contributed by atoms with Gasteiger partial charge in [-0.2, -0.15) is 0 Å². The summed E-state index contributed by atoms with van der Waals surface area (Å²) in [7, 11) is 3.26. The van der Waals surface area contributed by atoms with Crippen LogP contribution in [0.5, 0.6) is 0 Å². The van der Waals surface area contributed by atoms with E-state index in [1.165, 1.54) is 19.6 Å². The largest absolute Gasteiger partial charge is 0.448 e. The molecule has 1 heterocycles. The van der Waals surface area contributed by atoms with Gasteiger partial charge in [0.25, 0.3) is 5.91 Å². The summed E-state index contributed by atoms with van der Waals surface area (Å²) in [6, 6.07) is 4.91. The molecule has 1 aliphatic carbocycles. The van der Waals surface area contributed by atoms with Crippen molar-refractivity contribution in [3.8, 4) is 0 Å². The highest BCUT2D eigenvalue weighted by molar-refractivity contribution is 7.21. The molecule has 28 heavy (non-hydrogen) atoms. The SMILES string of the molecule is COCc1c(C(=O)O[C@H](C)C(=O)N(C)C2CCCCC2)sc2cccc(F)c12. The molecule has 1 atom stereocenters. The summed E-state index contributed by atoms with van der Waals surface area (Å²) in [5.74, 6) is -1.23. The van der Waals surface area contributed by atoms with Crippen molar-refractivity contribution < 1.29 is 23.5 Å². The van der Waals surface area contributed by atoms with Crippen molar-refractivity contribution in [2.45, 2.75) is 57.8 Å². The molecule has 7 heteroatoms. The summed E-state index contributed by atoms with van der Waals surface area (Å²) >= 11 is 1.16. The Balaban J connectivity index is 1.77. The van der Waals surface area contributed by atoms with Crippen molar-refractivity contribution >= 4 is 33.3 Å². The Morgan fingerprint density at radius 2 is 2.00 bits per heavy atom. The molecule has 0 spiro atoms. The zero-order valence-corrected chi connectivity index (χ0v) is 17.3. The summed E-state index contributed by atoms with van der Waals surface area (Å²) in [5.41, 5.74) is 0.464. The van der Waals surface area contributed by atoms with Crippen molar-refractivity contribution in [2.75, 3.05) is 14.2 Å². The number of rotatable bonds is 6. The number of fused-ring (bicyclic) bond motifs is 1. The van der Waals surface area contributed by atoms with Crippen LogP contribution in [-0.4, -0.2) is 43.1 Å². The minimum atomic E-state index is -0.898. The second-order valence-corrected chi connectivity index (χ2v) is 8.30. The van der Waals surface area contributed by atoms with Crippen LogP contribution in [0.25, 0.3) is 10.1 Å². The second-order valence-electron chi connectivity index (χ2n) is 7.24. The van der Waals surface area contributed by atoms with E-state index in [1.807, 2.05) is 0 Å². The highest BCUT2D eigenvalue weighted by Crippen LogP contribution is 2.34. The number of methoxy groups -OCH3 is 1. The van der Waals surface area contributed by atoms with E-state index in [0.29, 0.717) is 15.6 Å². The summed E-state index contributed by atoms with van der Waals surface area (Å²) in [6.07, 6.45) is 4.50. The van der Waals surface area contributed by atoms with Crippen molar-refractivity contribution in [1.29, 1.82) is 0 Å². The number of carbonyl (C=O) groups excluding carboxylic acids is 2. The molecule has 5 nitrogen and oxygen atoms in total. The van der Waals surface area contributed by atoms with E-state index < -0.39 is 17.9 Å². The Morgan fingerprint density at radius 3 is 2.68 bits per heavy atom. The molecule has 1 aliphatic rings. The lowest BCUT2D eigenvalue weighted by Gasteiger charge is -2.32. The number of carbonyl (C=O) groups is 2. The predicted octanol–water partition coefficient (Wildman–Crippen LogP) is 4.52. The molecule has 1 aromatic carbocycles. The third kappa shape index (κ3) is 4.20. The van der Waals surface area contributed by atoms with Crippen LogP contribution in [0, 0.1) is 5.82 Å². The highest BCUT2D eigenvalue weighted by Gasteiger charge is 2.29. The second kappa shape index (κ2) is 9.01. The van der Waals surface area contributed by atoms with Gasteiger partial charge in [-0.05, 0) is 31.9 Å². The number of benzene rings is 1. The lowest BCUT2D eigenvalue weighted by Crippen LogP contribution is -2.44. The van der Waals surface area contributed by atoms with Crippen LogP contribution >= 0.6 is 11.3 Å². The minimum absolute atomic E-state index is 0.0929. The summed E-state index contributed by atoms with van der Waals surface area (Å²) in [6.45, 7) is 1.68. The Hall–Kier alpha value is -1.99. The number of amides is 1. The van der Waals surface area contributed by atoms with Gasteiger partial charge in [-0.25, -0.2) is 9.18 Å². The topological polar surface area (TPSA) is 55.8 Å². The first kappa shape index (κ1) is 20.7. The maximum atomic E-state index is 14.3. The zero-order valence-electron chi connectivity index (χ0n) is 16.5. The lowest BCUT2D eigenvalue weighted by molar-refractivity contribution is -0.141. The first-order valence-corrected chi connectivity index (χ1v) is 10.4. The molecule has 152 valence electrons. The number of thiophene rings is 1. The van der Waals surface area contributed by atoms with Crippen molar-refractivity contribution in [3.05, 3.63) is 34.5 Å². The summed E-state index contributed by atoms with van der Waals surface area (Å²) in [5, 5.41) is 0.375. The third-order valence-corrected chi connectivity index (χ3v) is 6.52. The lowest BCUT2D eigenvalue weighted by atomic mass is 9.94. The number of ether oxygens (including phenoxy) is 2. The first-order valence-electron chi connectivity index (χ1n) is 9.60. The van der Waals surface area contributed by atoms with Crippen LogP contribution in [0.3, 0.4) is 0 Å². The van der Waals surface area contributed by atoms with Gasteiger partial charge >= 0.3 is 5.97 Å². The van der Waals surface area contributed by atoms with Crippen LogP contribution in [0.15, 0.2) is 18.2 Å². The molecule has 0 unspecified atom stereocenters. The Morgan fingerprint density at radius 1 is 1.29 bits per heavy atom. The molecule has 0 aliphatic heterocycles. The molecule has 1 aromatic heterocycles. The fraction of sp³-hybridized carbons (Fsp3) is 0.524. The fourth-order valence-corrected chi connectivity index (χ4v) is 4.92. The van der Waals surface area contributed by atoms with Gasteiger partial charge in [0.05, 0.1) is 6.61 Å². The van der Waals surface area contributed by atoms with E-state index in [2.05, 4.69) is 0 Å². The molecule has 0 radical (unpaired) electrons. The van der Waals surface area contributed by atoms with E-state index >= 15 is 0 Å². The summed E-state index contributed by atoms with van der Waals surface area (Å²) < 4.78 is 25.6. The third-order valence-electron chi connectivity index (χ3n) is 5.34. The smallest absolute Gasteiger partial charge is 0.349 e. The van der Waals surface area contributed by atoms with Gasteiger partial charge < -0.3 is 14.4 Å². The van der Waals surface area contributed by atoms with Crippen LogP contribution in [0.4, 0.5) is 4.39 Å². The van der Waals surface area contributed by atoms with Crippen molar-refractivity contribution in [1.82, 2.24) is 4.90 Å². The van der Waals surface area contributed by atoms with Gasteiger partial charge in [0.15, 0.2) is 6.10 Å². The Bertz CT molecular complexity index is 859. The number of halogens is 1. The van der Waals surface area contributed by atoms with Crippen LogP contribution in [0.1, 0.15) is 54.3 Å². The number of hydrogen-bond acceptors (Lipinski definition) is 5. The van der Waals surface area contributed by atoms with E-state index in [-0.39, 0.29) is 23.4 Å². The number of nitrogens with zero attached hydrogens (tertiary/aromatic N) is 1. The number of hydrogen-bond donors (Lipinski definition) is 0. The predicted molar refractivity (Wildman–Crippen MR) is 107 cm³/mol. The molecule has 3 rings (SSSR count). The zero-order chi connectivity index (χ0) is 20.3. The molecule has 1 amide bonds. The number of likely N-dealkylation sites (N-methyl/N-ethyl adjacent to an activating group) is 1. The monoisotopic (exact) mass is 407 g/mol. The average Bonchev–Trinajstić information content (AvgIpc) is 3.07. The average molecular weight is 408 g/mol. The van der Waals surface area contributed by atoms with E-state index in [1.54, 1.807) is 31.0 Å². The van der Waals surface area contributed by atoms with Crippen LogP contribution < -0.4 is 0 Å².